The molecule has 1 saturated carbocycles. The van der Waals surface area contributed by atoms with Gasteiger partial charge in [0.25, 0.3) is 5.91 Å². The van der Waals surface area contributed by atoms with Crippen molar-refractivity contribution in [3.05, 3.63) is 0 Å². The fourth-order valence-corrected chi connectivity index (χ4v) is 3.94. The van der Waals surface area contributed by atoms with Crippen molar-refractivity contribution < 1.29 is 32.3 Å². The van der Waals surface area contributed by atoms with Gasteiger partial charge in [-0.3, -0.25) is 14.5 Å². The van der Waals surface area contributed by atoms with Gasteiger partial charge in [-0.05, 0) is 24.7 Å². The minimum absolute atomic E-state index is 0.121. The molecular formula is C16H24F3N3O4. The van der Waals surface area contributed by atoms with Crippen LogP contribution in [0.3, 0.4) is 0 Å². The molecule has 10 heteroatoms. The number of carbonyl (C=O) groups excluding carboxylic acids is 3. The number of amides is 3. The van der Waals surface area contributed by atoms with Crippen LogP contribution in [0.25, 0.3) is 0 Å². The molecule has 0 aromatic heterocycles. The number of alkyl halides is 3. The third-order valence-corrected chi connectivity index (χ3v) is 5.31. The lowest BCUT2D eigenvalue weighted by atomic mass is 9.67. The van der Waals surface area contributed by atoms with E-state index < -0.39 is 49.4 Å². The van der Waals surface area contributed by atoms with Crippen LogP contribution in [-0.2, 0) is 14.3 Å². The van der Waals surface area contributed by atoms with E-state index >= 15 is 0 Å². The van der Waals surface area contributed by atoms with Gasteiger partial charge >= 0.3 is 18.2 Å². The van der Waals surface area contributed by atoms with Crippen LogP contribution >= 0.6 is 0 Å². The van der Waals surface area contributed by atoms with E-state index in [1.807, 2.05) is 13.8 Å². The predicted octanol–water partition coefficient (Wildman–Crippen LogP) is 1.73. The minimum Gasteiger partial charge on any atom is -0.468 e. The summed E-state index contributed by atoms with van der Waals surface area (Å²) in [7, 11) is 1.06. The third-order valence-electron chi connectivity index (χ3n) is 5.31. The van der Waals surface area contributed by atoms with Gasteiger partial charge in [-0.15, -0.1) is 0 Å². The number of rotatable bonds is 5. The molecule has 1 aliphatic carbocycles. The summed E-state index contributed by atoms with van der Waals surface area (Å²) in [5, 5.41) is 2.72. The first kappa shape index (κ1) is 20.5. The zero-order chi connectivity index (χ0) is 19.7. The Bertz CT molecular complexity index is 572. The maximum absolute atomic E-state index is 13.0. The molecule has 2 rings (SSSR count). The monoisotopic (exact) mass is 379 g/mol. The second-order valence-electron chi connectivity index (χ2n) is 7.09. The molecule has 0 aromatic rings. The van der Waals surface area contributed by atoms with Gasteiger partial charge in [-0.2, -0.15) is 13.2 Å². The van der Waals surface area contributed by atoms with E-state index in [4.69, 9.17) is 0 Å². The molecule has 2 unspecified atom stereocenters. The molecule has 0 aromatic carbocycles. The van der Waals surface area contributed by atoms with Crippen LogP contribution in [-0.4, -0.2) is 66.3 Å². The Kier molecular flexibility index (Phi) is 5.84. The number of methoxy groups -OCH3 is 1. The standard InChI is InChI=1S/C16H24F3N3O4/c1-10-5-4-6-11(2)16(10)13(24)22(14(25)20-16)9-21(7-12(23)26-3)8-15(17,18)19/h10-11H,4-9H2,1-3H3,(H,20,25). The number of halogens is 3. The normalized spacial score (nSPS) is 29.4. The lowest BCUT2D eigenvalue weighted by molar-refractivity contribution is -0.161. The number of nitrogens with one attached hydrogen (secondary N) is 1. The lowest BCUT2D eigenvalue weighted by Gasteiger charge is -2.42. The first-order valence-corrected chi connectivity index (χ1v) is 8.51. The van der Waals surface area contributed by atoms with Crippen molar-refractivity contribution in [2.45, 2.75) is 44.8 Å². The van der Waals surface area contributed by atoms with E-state index in [9.17, 15) is 27.6 Å². The number of esters is 1. The van der Waals surface area contributed by atoms with Crippen LogP contribution in [0.5, 0.6) is 0 Å². The van der Waals surface area contributed by atoms with E-state index in [2.05, 4.69) is 10.1 Å². The Morgan fingerprint density at radius 1 is 1.31 bits per heavy atom. The van der Waals surface area contributed by atoms with Crippen molar-refractivity contribution in [2.24, 2.45) is 11.8 Å². The maximum atomic E-state index is 13.0. The van der Waals surface area contributed by atoms with Gasteiger partial charge in [0, 0.05) is 0 Å². The highest BCUT2D eigenvalue weighted by molar-refractivity contribution is 6.07. The van der Waals surface area contributed by atoms with Gasteiger partial charge in [-0.1, -0.05) is 20.3 Å². The summed E-state index contributed by atoms with van der Waals surface area (Å²) in [6.45, 7) is 0.988. The van der Waals surface area contributed by atoms with Gasteiger partial charge in [-0.25, -0.2) is 9.69 Å². The molecule has 148 valence electrons. The Hall–Kier alpha value is -1.84. The molecule has 26 heavy (non-hydrogen) atoms. The summed E-state index contributed by atoms with van der Waals surface area (Å²) >= 11 is 0. The molecule has 1 heterocycles. The summed E-state index contributed by atoms with van der Waals surface area (Å²) in [4.78, 5) is 38.2. The molecule has 1 aliphatic heterocycles. The number of imide groups is 1. The Balaban J connectivity index is 2.21. The first-order valence-electron chi connectivity index (χ1n) is 8.51. The molecule has 1 saturated heterocycles. The second-order valence-corrected chi connectivity index (χ2v) is 7.09. The van der Waals surface area contributed by atoms with E-state index in [0.29, 0.717) is 4.90 Å². The Labute approximate surface area is 149 Å². The van der Waals surface area contributed by atoms with Crippen LogP contribution in [0.15, 0.2) is 0 Å². The molecule has 1 spiro atoms. The molecule has 3 amide bonds. The number of ether oxygens (including phenoxy) is 1. The Morgan fingerprint density at radius 3 is 2.38 bits per heavy atom. The molecule has 1 N–H and O–H groups in total. The maximum Gasteiger partial charge on any atom is 0.401 e. The SMILES string of the molecule is COC(=O)CN(CN1C(=O)NC2(C1=O)C(C)CCCC2C)CC(F)(F)F. The fourth-order valence-electron chi connectivity index (χ4n) is 3.94. The van der Waals surface area contributed by atoms with Crippen molar-refractivity contribution in [3.8, 4) is 0 Å². The molecule has 2 fully saturated rings. The number of carbonyl (C=O) groups is 3. The molecule has 0 bridgehead atoms. The average molecular weight is 379 g/mol. The number of hydrogen-bond acceptors (Lipinski definition) is 5. The van der Waals surface area contributed by atoms with Crippen LogP contribution < -0.4 is 5.32 Å². The van der Waals surface area contributed by atoms with Crippen molar-refractivity contribution in [3.63, 3.8) is 0 Å². The first-order chi connectivity index (χ1) is 12.0. The minimum atomic E-state index is -4.59. The predicted molar refractivity (Wildman–Crippen MR) is 84.8 cm³/mol. The zero-order valence-corrected chi connectivity index (χ0v) is 15.1. The van der Waals surface area contributed by atoms with E-state index in [1.165, 1.54) is 0 Å². The zero-order valence-electron chi connectivity index (χ0n) is 15.1. The third kappa shape index (κ3) is 3.94. The van der Waals surface area contributed by atoms with E-state index in [1.54, 1.807) is 0 Å². The topological polar surface area (TPSA) is 79.0 Å². The van der Waals surface area contributed by atoms with Gasteiger partial charge in [0.2, 0.25) is 0 Å². The quantitative estimate of drug-likeness (QED) is 0.581. The molecule has 0 radical (unpaired) electrons. The van der Waals surface area contributed by atoms with Crippen molar-refractivity contribution >= 4 is 17.9 Å². The molecule has 7 nitrogen and oxygen atoms in total. The summed E-state index contributed by atoms with van der Waals surface area (Å²) in [6, 6.07) is -0.729. The van der Waals surface area contributed by atoms with Crippen molar-refractivity contribution in [1.82, 2.24) is 15.1 Å². The molecular weight excluding hydrogens is 355 g/mol. The van der Waals surface area contributed by atoms with Crippen LogP contribution in [0, 0.1) is 11.8 Å². The number of hydrogen-bond donors (Lipinski definition) is 1. The number of urea groups is 1. The summed E-state index contributed by atoms with van der Waals surface area (Å²) in [5.74, 6) is -1.65. The summed E-state index contributed by atoms with van der Waals surface area (Å²) in [5.41, 5.74) is -1.09. The van der Waals surface area contributed by atoms with Gasteiger partial charge < -0.3 is 10.1 Å². The van der Waals surface area contributed by atoms with Crippen LogP contribution in [0.1, 0.15) is 33.1 Å². The van der Waals surface area contributed by atoms with Crippen molar-refractivity contribution in [1.29, 1.82) is 0 Å². The lowest BCUT2D eigenvalue weighted by Crippen LogP contribution is -2.59. The molecule has 2 atom stereocenters. The van der Waals surface area contributed by atoms with E-state index in [-0.39, 0.29) is 11.8 Å². The number of nitrogens with zero attached hydrogens (tertiary/aromatic N) is 2. The van der Waals surface area contributed by atoms with E-state index in [0.717, 1.165) is 31.3 Å². The highest BCUT2D eigenvalue weighted by Gasteiger charge is 2.58. The van der Waals surface area contributed by atoms with Crippen molar-refractivity contribution in [2.75, 3.05) is 26.9 Å². The van der Waals surface area contributed by atoms with Gasteiger partial charge in [0.15, 0.2) is 0 Å². The highest BCUT2D eigenvalue weighted by atomic mass is 19.4. The van der Waals surface area contributed by atoms with Gasteiger partial charge in [0.05, 0.1) is 26.9 Å². The largest absolute Gasteiger partial charge is 0.468 e. The molecule has 2 aliphatic rings. The second kappa shape index (κ2) is 7.42. The highest BCUT2D eigenvalue weighted by Crippen LogP contribution is 2.42. The summed E-state index contributed by atoms with van der Waals surface area (Å²) < 4.78 is 42.8. The smallest absolute Gasteiger partial charge is 0.401 e. The van der Waals surface area contributed by atoms with Crippen LogP contribution in [0.4, 0.5) is 18.0 Å². The fraction of sp³-hybridized carbons (Fsp3) is 0.812. The average Bonchev–Trinajstić information content (AvgIpc) is 2.77. The van der Waals surface area contributed by atoms with Crippen LogP contribution in [0.2, 0.25) is 0 Å². The van der Waals surface area contributed by atoms with Gasteiger partial charge in [0.1, 0.15) is 5.54 Å². The summed E-state index contributed by atoms with van der Waals surface area (Å²) in [6.07, 6.45) is -2.16. The Morgan fingerprint density at radius 2 is 1.88 bits per heavy atom.